The first-order valence-electron chi connectivity index (χ1n) is 12.1. The number of benzene rings is 3. The van der Waals surface area contributed by atoms with Gasteiger partial charge in [0.1, 0.15) is 28.7 Å². The van der Waals surface area contributed by atoms with Gasteiger partial charge in [-0.05, 0) is 84.0 Å². The van der Waals surface area contributed by atoms with Gasteiger partial charge in [0.2, 0.25) is 0 Å². The minimum atomic E-state index is -0.855. The summed E-state index contributed by atoms with van der Waals surface area (Å²) >= 11 is 0.412. The molecule has 0 aromatic heterocycles. The number of thiocyanates is 1. The first-order chi connectivity index (χ1) is 17.4. The van der Waals surface area contributed by atoms with Gasteiger partial charge in [-0.1, -0.05) is 56.6 Å². The zero-order valence-electron chi connectivity index (χ0n) is 19.9. The Labute approximate surface area is 213 Å². The summed E-state index contributed by atoms with van der Waals surface area (Å²) in [4.78, 5) is -0.367. The molecule has 0 saturated heterocycles. The molecule has 1 atom stereocenters. The predicted octanol–water partition coefficient (Wildman–Crippen LogP) is 8.57. The Morgan fingerprint density at radius 3 is 2.28 bits per heavy atom. The molecule has 0 radical (unpaired) electrons. The highest BCUT2D eigenvalue weighted by molar-refractivity contribution is 8.03. The van der Waals surface area contributed by atoms with Crippen LogP contribution in [0.15, 0.2) is 47.4 Å². The van der Waals surface area contributed by atoms with E-state index in [1.54, 1.807) is 29.7 Å². The van der Waals surface area contributed by atoms with Crippen LogP contribution in [0.2, 0.25) is 0 Å². The summed E-state index contributed by atoms with van der Waals surface area (Å²) in [5, 5.41) is 10.3. The van der Waals surface area contributed by atoms with Crippen molar-refractivity contribution in [3.8, 4) is 28.4 Å². The lowest BCUT2D eigenvalue weighted by Crippen LogP contribution is -2.17. The average Bonchev–Trinajstić information content (AvgIpc) is 2.86. The maximum atomic E-state index is 15.4. The number of hydrogen-bond donors (Lipinski definition) is 0. The van der Waals surface area contributed by atoms with Gasteiger partial charge in [-0.15, -0.1) is 0 Å². The molecule has 1 nitrogen and oxygen atoms in total. The molecular formula is C30H25F4NS. The fourth-order valence-corrected chi connectivity index (χ4v) is 5.16. The van der Waals surface area contributed by atoms with Crippen LogP contribution in [0.3, 0.4) is 0 Å². The molecule has 1 aliphatic rings. The average molecular weight is 508 g/mol. The Balaban J connectivity index is 1.54. The topological polar surface area (TPSA) is 23.8 Å². The van der Waals surface area contributed by atoms with E-state index in [-0.39, 0.29) is 16.0 Å². The van der Waals surface area contributed by atoms with Crippen molar-refractivity contribution in [1.29, 1.82) is 5.26 Å². The standard InChI is InChI=1S/C30H25F4NS/c1-2-3-4-5-20-10-13-24-23(14-20)17-25(31)28(29(24)34)22-11-8-19(9-12-22)6-7-21-15-26(32)30(36-18-35)27(33)16-21/h8-9,11-12,15-17,20H,2-5,10,13-14H2,1H3. The fraction of sp³-hybridized carbons (Fsp3) is 0.300. The first kappa shape index (κ1) is 25.9. The number of fused-ring (bicyclic) bond motifs is 1. The summed E-state index contributed by atoms with van der Waals surface area (Å²) in [5.41, 5.74) is 2.43. The first-order valence-corrected chi connectivity index (χ1v) is 12.9. The van der Waals surface area contributed by atoms with Crippen molar-refractivity contribution in [2.45, 2.75) is 56.8 Å². The van der Waals surface area contributed by atoms with Crippen molar-refractivity contribution in [1.82, 2.24) is 0 Å². The quantitative estimate of drug-likeness (QED) is 0.110. The smallest absolute Gasteiger partial charge is 0.142 e. The molecular weight excluding hydrogens is 482 g/mol. The van der Waals surface area contributed by atoms with Gasteiger partial charge < -0.3 is 0 Å². The molecule has 36 heavy (non-hydrogen) atoms. The number of nitrogens with zero attached hydrogens (tertiary/aromatic N) is 1. The van der Waals surface area contributed by atoms with Crippen molar-refractivity contribution in [3.63, 3.8) is 0 Å². The molecule has 4 rings (SSSR count). The molecule has 0 amide bonds. The van der Waals surface area contributed by atoms with Crippen LogP contribution in [0.4, 0.5) is 17.6 Å². The van der Waals surface area contributed by atoms with E-state index in [0.29, 0.717) is 40.8 Å². The molecule has 0 fully saturated rings. The second-order valence-corrected chi connectivity index (χ2v) is 9.87. The summed E-state index contributed by atoms with van der Waals surface area (Å²) in [6.45, 7) is 2.17. The van der Waals surface area contributed by atoms with Crippen molar-refractivity contribution in [3.05, 3.63) is 88.0 Å². The van der Waals surface area contributed by atoms with Gasteiger partial charge in [-0.3, -0.25) is 0 Å². The van der Waals surface area contributed by atoms with E-state index in [4.69, 9.17) is 5.26 Å². The van der Waals surface area contributed by atoms with Crippen LogP contribution in [-0.2, 0) is 12.8 Å². The van der Waals surface area contributed by atoms with E-state index in [0.717, 1.165) is 49.8 Å². The second-order valence-electron chi connectivity index (χ2n) is 9.08. The van der Waals surface area contributed by atoms with Gasteiger partial charge in [0.25, 0.3) is 0 Å². The maximum Gasteiger partial charge on any atom is 0.142 e. The summed E-state index contributed by atoms with van der Waals surface area (Å²) < 4.78 is 58.4. The van der Waals surface area contributed by atoms with E-state index < -0.39 is 23.3 Å². The number of hydrogen-bond acceptors (Lipinski definition) is 2. The predicted molar refractivity (Wildman–Crippen MR) is 135 cm³/mol. The molecule has 0 saturated carbocycles. The molecule has 1 aliphatic carbocycles. The lowest BCUT2D eigenvalue weighted by Gasteiger charge is -2.26. The maximum absolute atomic E-state index is 15.4. The highest BCUT2D eigenvalue weighted by Crippen LogP contribution is 2.36. The highest BCUT2D eigenvalue weighted by atomic mass is 32.2. The van der Waals surface area contributed by atoms with Crippen molar-refractivity contribution in [2.75, 3.05) is 0 Å². The number of rotatable bonds is 6. The Hall–Kier alpha value is -3.22. The number of unbranched alkanes of at least 4 members (excludes halogenated alkanes) is 2. The van der Waals surface area contributed by atoms with Crippen LogP contribution < -0.4 is 0 Å². The summed E-state index contributed by atoms with van der Waals surface area (Å²) in [5.74, 6) is 3.21. The molecule has 1 unspecified atom stereocenters. The Kier molecular flexibility index (Phi) is 8.39. The van der Waals surface area contributed by atoms with Crippen LogP contribution in [0.1, 0.15) is 61.3 Å². The normalized spacial score (nSPS) is 14.5. The summed E-state index contributed by atoms with van der Waals surface area (Å²) in [6.07, 6.45) is 6.87. The van der Waals surface area contributed by atoms with Crippen LogP contribution >= 0.6 is 11.8 Å². The van der Waals surface area contributed by atoms with Gasteiger partial charge in [0.05, 0.1) is 10.5 Å². The highest BCUT2D eigenvalue weighted by Gasteiger charge is 2.25. The Morgan fingerprint density at radius 1 is 0.917 bits per heavy atom. The SMILES string of the molecule is CCCCCC1CCc2c(cc(F)c(-c3ccc(C#Cc4cc(F)c(SC#N)c(F)c4)cc3)c2F)C1. The van der Waals surface area contributed by atoms with E-state index >= 15 is 8.78 Å². The monoisotopic (exact) mass is 507 g/mol. The van der Waals surface area contributed by atoms with Gasteiger partial charge >= 0.3 is 0 Å². The van der Waals surface area contributed by atoms with Crippen molar-refractivity contribution in [2.24, 2.45) is 5.92 Å². The van der Waals surface area contributed by atoms with Gasteiger partial charge in [-0.2, -0.15) is 5.26 Å². The molecule has 6 heteroatoms. The number of halogens is 4. The van der Waals surface area contributed by atoms with Crippen LogP contribution in [0.5, 0.6) is 0 Å². The third kappa shape index (κ3) is 5.77. The van der Waals surface area contributed by atoms with Gasteiger partial charge in [0.15, 0.2) is 0 Å². The fourth-order valence-electron chi connectivity index (χ4n) is 4.76. The van der Waals surface area contributed by atoms with Crippen molar-refractivity contribution < 1.29 is 17.6 Å². The third-order valence-corrected chi connectivity index (χ3v) is 7.30. The minimum Gasteiger partial charge on any atom is -0.206 e. The largest absolute Gasteiger partial charge is 0.206 e. The van der Waals surface area contributed by atoms with Crippen molar-refractivity contribution >= 4 is 11.8 Å². The third-order valence-electron chi connectivity index (χ3n) is 6.61. The lowest BCUT2D eigenvalue weighted by atomic mass is 9.80. The Morgan fingerprint density at radius 2 is 1.61 bits per heavy atom. The van der Waals surface area contributed by atoms with E-state index in [9.17, 15) is 8.78 Å². The van der Waals surface area contributed by atoms with E-state index in [2.05, 4.69) is 18.8 Å². The van der Waals surface area contributed by atoms with Crippen LogP contribution in [0.25, 0.3) is 11.1 Å². The molecule has 0 aliphatic heterocycles. The molecule has 3 aromatic rings. The number of nitriles is 1. The Bertz CT molecular complexity index is 1340. The molecule has 184 valence electrons. The molecule has 0 N–H and O–H groups in total. The van der Waals surface area contributed by atoms with Gasteiger partial charge in [-0.25, -0.2) is 17.6 Å². The van der Waals surface area contributed by atoms with E-state index in [1.165, 1.54) is 12.5 Å². The zero-order valence-corrected chi connectivity index (χ0v) is 20.8. The molecule has 0 bridgehead atoms. The molecule has 3 aromatic carbocycles. The van der Waals surface area contributed by atoms with Crippen LogP contribution in [-0.4, -0.2) is 0 Å². The van der Waals surface area contributed by atoms with Crippen LogP contribution in [0, 0.1) is 51.7 Å². The van der Waals surface area contributed by atoms with Gasteiger partial charge in [0, 0.05) is 11.1 Å². The minimum absolute atomic E-state index is 0.0348. The summed E-state index contributed by atoms with van der Waals surface area (Å²) in [7, 11) is 0. The summed E-state index contributed by atoms with van der Waals surface area (Å²) in [6, 6.07) is 10.1. The van der Waals surface area contributed by atoms with E-state index in [1.807, 2.05) is 0 Å². The lowest BCUT2D eigenvalue weighted by molar-refractivity contribution is 0.399. The molecule has 0 spiro atoms. The number of thioether (sulfide) groups is 1. The second kappa shape index (κ2) is 11.7. The molecule has 0 heterocycles. The zero-order chi connectivity index (χ0) is 25.7.